The maximum atomic E-state index is 13.1. The second-order valence-electron chi connectivity index (χ2n) is 6.30. The highest BCUT2D eigenvalue weighted by Crippen LogP contribution is 2.34. The van der Waals surface area contributed by atoms with Gasteiger partial charge in [-0.2, -0.15) is 4.98 Å². The van der Waals surface area contributed by atoms with Crippen molar-refractivity contribution in [1.82, 2.24) is 19.7 Å². The van der Waals surface area contributed by atoms with Gasteiger partial charge < -0.3 is 4.52 Å². The first-order chi connectivity index (χ1) is 13.7. The summed E-state index contributed by atoms with van der Waals surface area (Å²) in [5.41, 5.74) is 1.69. The molecule has 0 aliphatic heterocycles. The summed E-state index contributed by atoms with van der Waals surface area (Å²) in [6.07, 6.45) is 1.54. The number of benzene rings is 1. The molecule has 4 heterocycles. The van der Waals surface area contributed by atoms with Crippen molar-refractivity contribution in [2.75, 3.05) is 0 Å². The van der Waals surface area contributed by atoms with Crippen LogP contribution in [0, 0.1) is 6.92 Å². The summed E-state index contributed by atoms with van der Waals surface area (Å²) in [6, 6.07) is 13.7. The monoisotopic (exact) mass is 406 g/mol. The molecule has 0 amide bonds. The van der Waals surface area contributed by atoms with Gasteiger partial charge in [-0.15, -0.1) is 22.7 Å². The van der Waals surface area contributed by atoms with E-state index >= 15 is 0 Å². The fraction of sp³-hybridized carbons (Fsp3) is 0.100. The van der Waals surface area contributed by atoms with Gasteiger partial charge in [0, 0.05) is 26.3 Å². The second kappa shape index (κ2) is 6.81. The lowest BCUT2D eigenvalue weighted by molar-refractivity contribution is 0.369. The van der Waals surface area contributed by atoms with Crippen LogP contribution in [0.3, 0.4) is 0 Å². The predicted octanol–water partition coefficient (Wildman–Crippen LogP) is 4.59. The molecule has 0 aliphatic carbocycles. The van der Waals surface area contributed by atoms with Gasteiger partial charge in [0.1, 0.15) is 11.4 Å². The molecule has 5 rings (SSSR count). The molecule has 0 saturated heterocycles. The maximum Gasteiger partial charge on any atom is 0.263 e. The molecule has 28 heavy (non-hydrogen) atoms. The molecule has 0 saturated carbocycles. The summed E-state index contributed by atoms with van der Waals surface area (Å²) in [5, 5.41) is 6.65. The normalized spacial score (nSPS) is 11.3. The van der Waals surface area contributed by atoms with E-state index in [1.165, 1.54) is 27.1 Å². The van der Waals surface area contributed by atoms with Crippen molar-refractivity contribution in [3.8, 4) is 21.8 Å². The lowest BCUT2D eigenvalue weighted by Crippen LogP contribution is -2.21. The molecule has 1 aromatic carbocycles. The van der Waals surface area contributed by atoms with Gasteiger partial charge in [-0.05, 0) is 19.1 Å². The molecule has 4 aromatic heterocycles. The largest absolute Gasteiger partial charge is 0.337 e. The molecule has 5 aromatic rings. The van der Waals surface area contributed by atoms with E-state index in [0.717, 1.165) is 20.8 Å². The van der Waals surface area contributed by atoms with Crippen molar-refractivity contribution in [2.45, 2.75) is 13.5 Å². The van der Waals surface area contributed by atoms with Crippen molar-refractivity contribution in [3.63, 3.8) is 0 Å². The minimum Gasteiger partial charge on any atom is -0.337 e. The summed E-state index contributed by atoms with van der Waals surface area (Å²) in [6.45, 7) is 2.24. The Morgan fingerprint density at radius 1 is 1.14 bits per heavy atom. The van der Waals surface area contributed by atoms with E-state index in [1.54, 1.807) is 11.3 Å². The summed E-state index contributed by atoms with van der Waals surface area (Å²) >= 11 is 3.15. The topological polar surface area (TPSA) is 73.8 Å². The van der Waals surface area contributed by atoms with Crippen LogP contribution in [0.25, 0.3) is 32.0 Å². The van der Waals surface area contributed by atoms with Crippen LogP contribution >= 0.6 is 22.7 Å². The Labute approximate surface area is 167 Å². The molecule has 0 atom stereocenters. The van der Waals surface area contributed by atoms with Crippen LogP contribution in [0.4, 0.5) is 0 Å². The zero-order valence-corrected chi connectivity index (χ0v) is 16.5. The Bertz CT molecular complexity index is 1330. The number of aryl methyl sites for hydroxylation is 1. The highest BCUT2D eigenvalue weighted by atomic mass is 32.1. The average molecular weight is 406 g/mol. The second-order valence-corrected chi connectivity index (χ2v) is 8.44. The zero-order valence-electron chi connectivity index (χ0n) is 14.8. The number of hydrogen-bond donors (Lipinski definition) is 0. The van der Waals surface area contributed by atoms with Crippen LogP contribution in [0.5, 0.6) is 0 Å². The lowest BCUT2D eigenvalue weighted by Gasteiger charge is -2.02. The summed E-state index contributed by atoms with van der Waals surface area (Å²) in [5.74, 6) is 0.869. The Morgan fingerprint density at radius 3 is 2.79 bits per heavy atom. The smallest absolute Gasteiger partial charge is 0.263 e. The third-order valence-corrected chi connectivity index (χ3v) is 6.29. The van der Waals surface area contributed by atoms with Crippen LogP contribution in [0.2, 0.25) is 0 Å². The van der Waals surface area contributed by atoms with E-state index < -0.39 is 0 Å². The van der Waals surface area contributed by atoms with Crippen molar-refractivity contribution >= 4 is 32.9 Å². The molecule has 0 unspecified atom stereocenters. The van der Waals surface area contributed by atoms with E-state index in [4.69, 9.17) is 4.52 Å². The highest BCUT2D eigenvalue weighted by molar-refractivity contribution is 7.19. The SMILES string of the molecule is Cc1ccc(-c2csc3ncn(Cc4nc(-c5ccccc5)no4)c(=O)c23)s1. The Balaban J connectivity index is 1.53. The van der Waals surface area contributed by atoms with Crippen LogP contribution in [-0.4, -0.2) is 19.7 Å². The minimum absolute atomic E-state index is 0.105. The third kappa shape index (κ3) is 2.96. The van der Waals surface area contributed by atoms with Gasteiger partial charge >= 0.3 is 0 Å². The molecule has 138 valence electrons. The fourth-order valence-electron chi connectivity index (χ4n) is 3.01. The molecule has 0 N–H and O–H groups in total. The first-order valence-electron chi connectivity index (χ1n) is 8.60. The molecule has 0 spiro atoms. The first kappa shape index (κ1) is 17.0. The Morgan fingerprint density at radius 2 is 2.00 bits per heavy atom. The maximum absolute atomic E-state index is 13.1. The van der Waals surface area contributed by atoms with Gasteiger partial charge in [0.2, 0.25) is 11.7 Å². The molecule has 0 bridgehead atoms. The number of thiophene rings is 2. The quantitative estimate of drug-likeness (QED) is 0.436. The highest BCUT2D eigenvalue weighted by Gasteiger charge is 2.16. The van der Waals surface area contributed by atoms with Gasteiger partial charge in [0.25, 0.3) is 5.56 Å². The first-order valence-corrected chi connectivity index (χ1v) is 10.3. The number of aromatic nitrogens is 4. The molecule has 8 heteroatoms. The van der Waals surface area contributed by atoms with Crippen LogP contribution < -0.4 is 5.56 Å². The molecule has 0 fully saturated rings. The van der Waals surface area contributed by atoms with E-state index in [0.29, 0.717) is 17.1 Å². The van der Waals surface area contributed by atoms with E-state index in [1.807, 2.05) is 41.8 Å². The molecule has 0 aliphatic rings. The van der Waals surface area contributed by atoms with E-state index in [2.05, 4.69) is 28.1 Å². The van der Waals surface area contributed by atoms with Crippen molar-refractivity contribution in [1.29, 1.82) is 0 Å². The minimum atomic E-state index is -0.105. The van der Waals surface area contributed by atoms with Gasteiger partial charge in [0.15, 0.2) is 0 Å². The van der Waals surface area contributed by atoms with Crippen LogP contribution in [0.1, 0.15) is 10.8 Å². The van der Waals surface area contributed by atoms with E-state index in [-0.39, 0.29) is 12.1 Å². The zero-order chi connectivity index (χ0) is 19.1. The standard InChI is InChI=1S/C20H14N4O2S2/c1-12-7-8-15(28-12)14-10-27-19-17(14)20(25)24(11-21-19)9-16-22-18(23-26-16)13-5-3-2-4-6-13/h2-8,10-11H,9H2,1H3. The van der Waals surface area contributed by atoms with Gasteiger partial charge in [-0.25, -0.2) is 4.98 Å². The molecule has 6 nitrogen and oxygen atoms in total. The summed E-state index contributed by atoms with van der Waals surface area (Å²) in [4.78, 5) is 25.0. The third-order valence-electron chi connectivity index (χ3n) is 4.37. The average Bonchev–Trinajstić information content (AvgIpc) is 3.44. The number of nitrogens with zero attached hydrogens (tertiary/aromatic N) is 4. The van der Waals surface area contributed by atoms with Gasteiger partial charge in [0.05, 0.1) is 11.7 Å². The summed E-state index contributed by atoms with van der Waals surface area (Å²) < 4.78 is 6.86. The Hall–Kier alpha value is -3.10. The number of hydrogen-bond acceptors (Lipinski definition) is 7. The van der Waals surface area contributed by atoms with Crippen LogP contribution in [0.15, 0.2) is 63.5 Å². The molecular weight excluding hydrogens is 392 g/mol. The van der Waals surface area contributed by atoms with Crippen molar-refractivity contribution in [2.24, 2.45) is 0 Å². The number of fused-ring (bicyclic) bond motifs is 1. The molecular formula is C20H14N4O2S2. The van der Waals surface area contributed by atoms with Gasteiger partial charge in [-0.1, -0.05) is 35.5 Å². The molecule has 0 radical (unpaired) electrons. The summed E-state index contributed by atoms with van der Waals surface area (Å²) in [7, 11) is 0. The Kier molecular flexibility index (Phi) is 4.14. The van der Waals surface area contributed by atoms with Crippen molar-refractivity contribution < 1.29 is 4.52 Å². The lowest BCUT2D eigenvalue weighted by atomic mass is 10.2. The predicted molar refractivity (Wildman–Crippen MR) is 111 cm³/mol. The van der Waals surface area contributed by atoms with Crippen LogP contribution in [-0.2, 0) is 6.54 Å². The van der Waals surface area contributed by atoms with Gasteiger partial charge in [-0.3, -0.25) is 9.36 Å². The number of rotatable bonds is 4. The van der Waals surface area contributed by atoms with Crippen molar-refractivity contribution in [3.05, 3.63) is 75.3 Å². The fourth-order valence-corrected chi connectivity index (χ4v) is 4.87. The van der Waals surface area contributed by atoms with E-state index in [9.17, 15) is 4.79 Å².